The van der Waals surface area contributed by atoms with Gasteiger partial charge in [-0.1, -0.05) is 53.7 Å². The molecule has 0 unspecified atom stereocenters. The molecule has 0 fully saturated rings. The summed E-state index contributed by atoms with van der Waals surface area (Å²) in [5, 5.41) is 81.8. The second-order valence-corrected chi connectivity index (χ2v) is 21.3. The highest BCUT2D eigenvalue weighted by molar-refractivity contribution is 7.98. The van der Waals surface area contributed by atoms with Gasteiger partial charge in [0.25, 0.3) is 0 Å². The molecule has 0 aromatic heterocycles. The minimum atomic E-state index is -1.88. The molecule has 0 spiro atoms. The number of hydrogen-bond acceptors (Lipinski definition) is 17. The summed E-state index contributed by atoms with van der Waals surface area (Å²) in [5.41, 5.74) is 6.15. The molecule has 0 bridgehead atoms. The number of benzene rings is 1. The van der Waals surface area contributed by atoms with Crippen LogP contribution in [0.4, 0.5) is 0 Å². The second-order valence-electron chi connectivity index (χ2n) is 20.3. The number of aliphatic carboxylic acids is 2. The monoisotopic (exact) mass is 1130 g/mol. The Bertz CT molecular complexity index is 2220. The van der Waals surface area contributed by atoms with Gasteiger partial charge in [0.15, 0.2) is 0 Å². The molecule has 0 heterocycles. The van der Waals surface area contributed by atoms with Crippen LogP contribution >= 0.6 is 11.8 Å². The van der Waals surface area contributed by atoms with Gasteiger partial charge in [0.1, 0.15) is 66.2 Å². The number of carbonyl (C=O) groups is 11. The summed E-state index contributed by atoms with van der Waals surface area (Å²) >= 11 is 1.28. The lowest BCUT2D eigenvalue weighted by Crippen LogP contribution is -2.62. The fraction of sp³-hybridized carbons (Fsp3) is 0.660. The van der Waals surface area contributed by atoms with E-state index in [1.165, 1.54) is 63.7 Å². The van der Waals surface area contributed by atoms with Gasteiger partial charge in [-0.3, -0.25) is 47.9 Å². The van der Waals surface area contributed by atoms with Crippen molar-refractivity contribution >= 4 is 76.9 Å². The summed E-state index contributed by atoms with van der Waals surface area (Å²) < 4.78 is 0. The second kappa shape index (κ2) is 33.6. The van der Waals surface area contributed by atoms with Gasteiger partial charge >= 0.3 is 11.9 Å². The van der Waals surface area contributed by atoms with E-state index in [4.69, 9.17) is 5.73 Å². The van der Waals surface area contributed by atoms with Crippen molar-refractivity contribution in [3.63, 3.8) is 0 Å². The van der Waals surface area contributed by atoms with Crippen molar-refractivity contribution in [1.29, 1.82) is 0 Å². The first-order valence-corrected chi connectivity index (χ1v) is 26.8. The third-order valence-electron chi connectivity index (χ3n) is 11.9. The van der Waals surface area contributed by atoms with Crippen molar-refractivity contribution < 1.29 is 83.4 Å². The fourth-order valence-electron chi connectivity index (χ4n) is 7.42. The van der Waals surface area contributed by atoms with Crippen LogP contribution in [0.5, 0.6) is 5.75 Å². The Morgan fingerprint density at radius 1 is 0.487 bits per heavy atom. The van der Waals surface area contributed by atoms with E-state index in [1.807, 2.05) is 0 Å². The Labute approximate surface area is 457 Å². The normalized spacial score (nSPS) is 16.4. The molecule has 28 heteroatoms. The Morgan fingerprint density at radius 2 is 0.897 bits per heavy atom. The number of aliphatic hydroxyl groups excluding tert-OH is 3. The van der Waals surface area contributed by atoms with Crippen molar-refractivity contribution in [2.75, 3.05) is 12.0 Å². The summed E-state index contributed by atoms with van der Waals surface area (Å²) in [4.78, 5) is 146. The molecule has 17 N–H and O–H groups in total. The number of carbonyl (C=O) groups excluding carboxylic acids is 9. The number of phenolic OH excluding ortho intramolecular Hbond substituents is 1. The van der Waals surface area contributed by atoms with E-state index in [-0.39, 0.29) is 49.0 Å². The average molecular weight is 1130 g/mol. The van der Waals surface area contributed by atoms with E-state index in [1.54, 1.807) is 34.0 Å². The maximum atomic E-state index is 14.0. The third kappa shape index (κ3) is 24.4. The minimum absolute atomic E-state index is 0.0468. The number of amides is 9. The van der Waals surface area contributed by atoms with Gasteiger partial charge in [-0.05, 0) is 94.4 Å². The van der Waals surface area contributed by atoms with Gasteiger partial charge < -0.3 is 84.2 Å². The summed E-state index contributed by atoms with van der Waals surface area (Å²) in [6.07, 6.45) is -3.98. The molecule has 13 atom stereocenters. The Morgan fingerprint density at radius 3 is 1.36 bits per heavy atom. The van der Waals surface area contributed by atoms with Gasteiger partial charge in [0.05, 0.1) is 24.7 Å². The van der Waals surface area contributed by atoms with Crippen molar-refractivity contribution in [2.24, 2.45) is 23.5 Å². The molecule has 27 nitrogen and oxygen atoms in total. The maximum Gasteiger partial charge on any atom is 0.326 e. The molecule has 1 aromatic rings. The smallest absolute Gasteiger partial charge is 0.326 e. The van der Waals surface area contributed by atoms with Crippen LogP contribution in [0.15, 0.2) is 24.3 Å². The summed E-state index contributed by atoms with van der Waals surface area (Å²) in [6, 6.07) is -9.72. The molecular formula is C50H82N10O17S. The zero-order valence-corrected chi connectivity index (χ0v) is 46.8. The fourth-order valence-corrected chi connectivity index (χ4v) is 7.89. The standard InChI is InChI=1S/C50H82N10O17S/c1-22(2)18-32(55-46(72)37(51)26(8)61)44(70)60-39(27(9)62)48(74)52-25(7)41(67)54-34(21-36(65)66)45(71)58-38(24(5)6)47(73)53-31(16-17-78-11)42(68)59-40(28(10)63)49(75)56-33(20-29-12-14-30(64)15-13-29)43(69)57-35(50(76)77)19-23(3)4/h12-15,22-28,31-35,37-40,61-64H,16-21,51H2,1-11H3,(H,52,74)(H,53,73)(H,54,67)(H,55,72)(H,56,75)(H,57,69)(H,58,71)(H,59,68)(H,60,70)(H,65,66)(H,76,77)/t25-,26+,27+,28+,31-,32-,33-,34-,35-,37-,38-,39-,40-/m0/s1. The molecule has 440 valence electrons. The lowest BCUT2D eigenvalue weighted by molar-refractivity contribution is -0.143. The highest BCUT2D eigenvalue weighted by atomic mass is 32.2. The first kappa shape index (κ1) is 69.4. The average Bonchev–Trinajstić information content (AvgIpc) is 3.33. The molecule has 0 radical (unpaired) electrons. The van der Waals surface area contributed by atoms with E-state index < -0.39 is 156 Å². The number of nitrogens with two attached hydrogens (primary N) is 1. The number of aliphatic hydroxyl groups is 3. The lowest BCUT2D eigenvalue weighted by atomic mass is 10.0. The van der Waals surface area contributed by atoms with Crippen LogP contribution in [0.2, 0.25) is 0 Å². The predicted molar refractivity (Wildman–Crippen MR) is 285 cm³/mol. The van der Waals surface area contributed by atoms with Crippen LogP contribution in [0, 0.1) is 17.8 Å². The molecule has 9 amide bonds. The van der Waals surface area contributed by atoms with E-state index in [0.29, 0.717) is 5.56 Å². The largest absolute Gasteiger partial charge is 0.508 e. The van der Waals surface area contributed by atoms with Gasteiger partial charge in [0.2, 0.25) is 53.2 Å². The number of carboxylic acids is 2. The van der Waals surface area contributed by atoms with Crippen molar-refractivity contribution in [1.82, 2.24) is 47.9 Å². The molecule has 0 saturated carbocycles. The van der Waals surface area contributed by atoms with Crippen LogP contribution in [-0.4, -0.2) is 186 Å². The number of thioether (sulfide) groups is 1. The number of phenols is 1. The highest BCUT2D eigenvalue weighted by Gasteiger charge is 2.38. The number of hydrogen-bond donors (Lipinski definition) is 16. The first-order valence-electron chi connectivity index (χ1n) is 25.4. The zero-order valence-electron chi connectivity index (χ0n) is 45.9. The van der Waals surface area contributed by atoms with Crippen LogP contribution in [0.1, 0.15) is 100 Å². The number of nitrogens with one attached hydrogen (secondary N) is 9. The molecule has 0 saturated heterocycles. The predicted octanol–water partition coefficient (Wildman–Crippen LogP) is -3.15. The maximum absolute atomic E-state index is 14.0. The molecule has 1 aromatic carbocycles. The van der Waals surface area contributed by atoms with Crippen LogP contribution in [-0.2, 0) is 59.2 Å². The Balaban J connectivity index is 3.35. The SMILES string of the molecule is CSCC[C@H](NC(=O)[C@@H](NC(=O)[C@H](CC(=O)O)NC(=O)[C@H](C)NC(=O)[C@@H](NC(=O)[C@H](CC(C)C)NC(=O)[C@@H](N)[C@@H](C)O)[C@@H](C)O)C(C)C)C(=O)N[C@H](C(=O)N[C@@H](Cc1ccc(O)cc1)C(=O)N[C@@H](CC(C)C)C(=O)O)[C@@H](C)O. The van der Waals surface area contributed by atoms with Crippen LogP contribution in [0.3, 0.4) is 0 Å². The Hall–Kier alpha value is -6.62. The molecule has 78 heavy (non-hydrogen) atoms. The molecule has 0 aliphatic carbocycles. The van der Waals surface area contributed by atoms with Crippen molar-refractivity contribution in [3.05, 3.63) is 29.8 Å². The summed E-state index contributed by atoms with van der Waals surface area (Å²) in [6.45, 7) is 14.7. The minimum Gasteiger partial charge on any atom is -0.508 e. The molecule has 0 aliphatic rings. The zero-order chi connectivity index (χ0) is 59.9. The Kier molecular flexibility index (Phi) is 29.9. The molecule has 1 rings (SSSR count). The van der Waals surface area contributed by atoms with Crippen LogP contribution < -0.4 is 53.6 Å². The van der Waals surface area contributed by atoms with E-state index >= 15 is 0 Å². The van der Waals surface area contributed by atoms with E-state index in [0.717, 1.165) is 13.8 Å². The summed E-state index contributed by atoms with van der Waals surface area (Å²) in [5.74, 6) is -12.9. The molecule has 0 aliphatic heterocycles. The number of carboxylic acid groups (broad SMARTS) is 2. The lowest BCUT2D eigenvalue weighted by Gasteiger charge is -2.29. The van der Waals surface area contributed by atoms with Gasteiger partial charge in [-0.2, -0.15) is 11.8 Å². The van der Waals surface area contributed by atoms with Gasteiger partial charge in [-0.15, -0.1) is 0 Å². The van der Waals surface area contributed by atoms with Gasteiger partial charge in [-0.25, -0.2) is 4.79 Å². The van der Waals surface area contributed by atoms with Gasteiger partial charge in [0, 0.05) is 6.42 Å². The quantitative estimate of drug-likeness (QED) is 0.0324. The van der Waals surface area contributed by atoms with Crippen molar-refractivity contribution in [2.45, 2.75) is 180 Å². The van der Waals surface area contributed by atoms with Crippen LogP contribution in [0.25, 0.3) is 0 Å². The number of aromatic hydroxyl groups is 1. The van der Waals surface area contributed by atoms with Crippen molar-refractivity contribution in [3.8, 4) is 5.75 Å². The first-order chi connectivity index (χ1) is 36.2. The molecular weight excluding hydrogens is 1040 g/mol. The summed E-state index contributed by atoms with van der Waals surface area (Å²) in [7, 11) is 0. The number of rotatable bonds is 34. The highest BCUT2D eigenvalue weighted by Crippen LogP contribution is 2.14. The topological polar surface area (TPSA) is 443 Å². The van der Waals surface area contributed by atoms with E-state index in [2.05, 4.69) is 47.9 Å². The van der Waals surface area contributed by atoms with E-state index in [9.17, 15) is 83.4 Å². The third-order valence-corrected chi connectivity index (χ3v) is 12.5.